The molecule has 6 nitrogen and oxygen atoms in total. The second-order valence-corrected chi connectivity index (χ2v) is 8.85. The van der Waals surface area contributed by atoms with E-state index in [1.165, 1.54) is 0 Å². The van der Waals surface area contributed by atoms with Gasteiger partial charge in [-0.2, -0.15) is 0 Å². The van der Waals surface area contributed by atoms with Crippen molar-refractivity contribution in [2.24, 2.45) is 0 Å². The number of terminal acetylenes is 1. The molecular formula is C26H29N5OS. The summed E-state index contributed by atoms with van der Waals surface area (Å²) in [6.45, 7) is 7.76. The minimum atomic E-state index is 0.715. The number of rotatable bonds is 8. The van der Waals surface area contributed by atoms with Crippen LogP contribution >= 0.6 is 11.3 Å². The van der Waals surface area contributed by atoms with Crippen molar-refractivity contribution in [1.29, 1.82) is 0 Å². The first-order valence-electron chi connectivity index (χ1n) is 11.4. The first kappa shape index (κ1) is 23.1. The SMILES string of the molecule is C#Cc1cccc(Nc2c(C#CCCC)cnc3nc(NCCCN4CCOCC4)sc23)c1. The van der Waals surface area contributed by atoms with Crippen LogP contribution < -0.4 is 10.6 Å². The van der Waals surface area contributed by atoms with E-state index in [2.05, 4.69) is 45.2 Å². The zero-order valence-corrected chi connectivity index (χ0v) is 19.8. The molecule has 2 N–H and O–H groups in total. The molecule has 1 aliphatic heterocycles. The summed E-state index contributed by atoms with van der Waals surface area (Å²) >= 11 is 1.60. The number of benzene rings is 1. The van der Waals surface area contributed by atoms with Gasteiger partial charge in [-0.3, -0.25) is 4.90 Å². The van der Waals surface area contributed by atoms with E-state index in [4.69, 9.17) is 16.1 Å². The number of anilines is 3. The fraction of sp³-hybridized carbons (Fsp3) is 0.385. The quantitative estimate of drug-likeness (QED) is 0.376. The molecule has 1 aliphatic rings. The molecule has 3 heterocycles. The Morgan fingerprint density at radius 1 is 1.27 bits per heavy atom. The molecule has 170 valence electrons. The molecule has 1 saturated heterocycles. The normalized spacial score (nSPS) is 13.8. The van der Waals surface area contributed by atoms with Gasteiger partial charge in [0.2, 0.25) is 0 Å². The predicted octanol–water partition coefficient (Wildman–Crippen LogP) is 4.70. The van der Waals surface area contributed by atoms with E-state index in [0.29, 0.717) is 5.65 Å². The van der Waals surface area contributed by atoms with Crippen molar-refractivity contribution in [3.63, 3.8) is 0 Å². The Morgan fingerprint density at radius 2 is 2.15 bits per heavy atom. The van der Waals surface area contributed by atoms with E-state index >= 15 is 0 Å². The van der Waals surface area contributed by atoms with Crippen molar-refractivity contribution in [3.05, 3.63) is 41.6 Å². The van der Waals surface area contributed by atoms with Gasteiger partial charge >= 0.3 is 0 Å². The lowest BCUT2D eigenvalue weighted by Crippen LogP contribution is -2.37. The molecule has 7 heteroatoms. The van der Waals surface area contributed by atoms with Crippen LogP contribution in [0.4, 0.5) is 16.5 Å². The molecule has 33 heavy (non-hydrogen) atoms. The van der Waals surface area contributed by atoms with Crippen LogP contribution in [0.5, 0.6) is 0 Å². The maximum atomic E-state index is 5.59. The van der Waals surface area contributed by atoms with Gasteiger partial charge in [0.1, 0.15) is 4.70 Å². The molecule has 1 aromatic carbocycles. The third-order valence-corrected chi connectivity index (χ3v) is 6.37. The average Bonchev–Trinajstić information content (AvgIpc) is 3.27. The number of hydrogen-bond acceptors (Lipinski definition) is 7. The standard InChI is InChI=1S/C26H29N5OS/c1-3-5-6-10-21-19-28-25-24(23(21)29-22-11-7-9-20(4-2)18-22)33-26(30-25)27-12-8-13-31-14-16-32-17-15-31/h2,7,9,11,18-19H,3,5,8,12-17H2,1H3,(H2,27,28,29,30). The molecule has 1 fully saturated rings. The van der Waals surface area contributed by atoms with Crippen molar-refractivity contribution < 1.29 is 4.74 Å². The van der Waals surface area contributed by atoms with Crippen LogP contribution in [0.25, 0.3) is 10.3 Å². The zero-order chi connectivity index (χ0) is 22.9. The number of pyridine rings is 1. The van der Waals surface area contributed by atoms with E-state index in [1.807, 2.05) is 24.3 Å². The van der Waals surface area contributed by atoms with Crippen LogP contribution in [0, 0.1) is 24.2 Å². The fourth-order valence-corrected chi connectivity index (χ4v) is 4.56. The summed E-state index contributed by atoms with van der Waals surface area (Å²) in [7, 11) is 0. The molecule has 3 aromatic rings. The summed E-state index contributed by atoms with van der Waals surface area (Å²) in [5.74, 6) is 9.21. The fourth-order valence-electron chi connectivity index (χ4n) is 3.61. The Bertz CT molecular complexity index is 1180. The van der Waals surface area contributed by atoms with Crippen LogP contribution in [0.1, 0.15) is 37.3 Å². The minimum absolute atomic E-state index is 0.715. The lowest BCUT2D eigenvalue weighted by molar-refractivity contribution is 0.0378. The van der Waals surface area contributed by atoms with E-state index in [-0.39, 0.29) is 0 Å². The molecule has 2 aromatic heterocycles. The first-order valence-corrected chi connectivity index (χ1v) is 12.2. The predicted molar refractivity (Wildman–Crippen MR) is 137 cm³/mol. The number of fused-ring (bicyclic) bond motifs is 1. The van der Waals surface area contributed by atoms with E-state index < -0.39 is 0 Å². The van der Waals surface area contributed by atoms with Crippen molar-refractivity contribution >= 4 is 38.2 Å². The van der Waals surface area contributed by atoms with Gasteiger partial charge in [-0.05, 0) is 37.6 Å². The minimum Gasteiger partial charge on any atom is -0.379 e. The Kier molecular flexibility index (Phi) is 8.16. The summed E-state index contributed by atoms with van der Waals surface area (Å²) in [6.07, 6.45) is 10.3. The molecule has 4 rings (SSSR count). The average molecular weight is 460 g/mol. The number of hydrogen-bond donors (Lipinski definition) is 2. The van der Waals surface area contributed by atoms with Crippen LogP contribution in [0.15, 0.2) is 30.5 Å². The molecule has 0 aliphatic carbocycles. The van der Waals surface area contributed by atoms with Gasteiger partial charge in [-0.1, -0.05) is 42.1 Å². The van der Waals surface area contributed by atoms with Gasteiger partial charge in [-0.15, -0.1) is 6.42 Å². The summed E-state index contributed by atoms with van der Waals surface area (Å²) in [5, 5.41) is 7.87. The van der Waals surface area contributed by atoms with E-state index in [1.54, 1.807) is 17.5 Å². The van der Waals surface area contributed by atoms with E-state index in [0.717, 1.165) is 91.0 Å². The number of nitrogens with zero attached hydrogens (tertiary/aromatic N) is 3. The Hall–Kier alpha value is -3.10. The van der Waals surface area contributed by atoms with Crippen molar-refractivity contribution in [2.75, 3.05) is 50.0 Å². The molecule has 0 bridgehead atoms. The maximum absolute atomic E-state index is 5.59. The highest BCUT2D eigenvalue weighted by Crippen LogP contribution is 2.35. The zero-order valence-electron chi connectivity index (χ0n) is 19.0. The Morgan fingerprint density at radius 3 is 2.97 bits per heavy atom. The molecule has 0 radical (unpaired) electrons. The second kappa shape index (κ2) is 11.7. The second-order valence-electron chi connectivity index (χ2n) is 7.85. The topological polar surface area (TPSA) is 62.3 Å². The number of morpholine rings is 1. The monoisotopic (exact) mass is 459 g/mol. The molecule has 0 amide bonds. The number of ether oxygens (including phenoxy) is 1. The van der Waals surface area contributed by atoms with Gasteiger partial charge in [0.25, 0.3) is 0 Å². The highest BCUT2D eigenvalue weighted by molar-refractivity contribution is 7.22. The maximum Gasteiger partial charge on any atom is 0.185 e. The molecule has 0 unspecified atom stereocenters. The van der Waals surface area contributed by atoms with Gasteiger partial charge in [-0.25, -0.2) is 9.97 Å². The number of nitrogens with one attached hydrogen (secondary N) is 2. The lowest BCUT2D eigenvalue weighted by Gasteiger charge is -2.26. The van der Waals surface area contributed by atoms with Crippen LogP contribution in [-0.2, 0) is 4.74 Å². The van der Waals surface area contributed by atoms with Crippen molar-refractivity contribution in [2.45, 2.75) is 26.2 Å². The summed E-state index contributed by atoms with van der Waals surface area (Å²) in [5.41, 5.74) is 4.26. The number of thiazole rings is 1. The third-order valence-electron chi connectivity index (χ3n) is 5.35. The number of aromatic nitrogens is 2. The van der Waals surface area contributed by atoms with Gasteiger partial charge in [0.05, 0.1) is 24.5 Å². The summed E-state index contributed by atoms with van der Waals surface area (Å²) in [4.78, 5) is 11.7. The largest absolute Gasteiger partial charge is 0.379 e. The first-order chi connectivity index (χ1) is 16.3. The lowest BCUT2D eigenvalue weighted by atomic mass is 10.1. The summed E-state index contributed by atoms with van der Waals surface area (Å²) < 4.78 is 6.40. The summed E-state index contributed by atoms with van der Waals surface area (Å²) in [6, 6.07) is 7.83. The van der Waals surface area contributed by atoms with Crippen molar-refractivity contribution in [3.8, 4) is 24.2 Å². The van der Waals surface area contributed by atoms with E-state index in [9.17, 15) is 0 Å². The Balaban J connectivity index is 1.53. The van der Waals surface area contributed by atoms with Gasteiger partial charge < -0.3 is 15.4 Å². The third kappa shape index (κ3) is 6.24. The van der Waals surface area contributed by atoms with Crippen LogP contribution in [0.2, 0.25) is 0 Å². The van der Waals surface area contributed by atoms with Crippen LogP contribution in [0.3, 0.4) is 0 Å². The number of unbranched alkanes of at least 4 members (excludes halogenated alkanes) is 1. The molecule has 0 atom stereocenters. The van der Waals surface area contributed by atoms with Gasteiger partial charge in [0.15, 0.2) is 10.8 Å². The van der Waals surface area contributed by atoms with Gasteiger partial charge in [0, 0.05) is 43.5 Å². The smallest absolute Gasteiger partial charge is 0.185 e. The highest BCUT2D eigenvalue weighted by Gasteiger charge is 2.14. The molecule has 0 saturated carbocycles. The molecule has 0 spiro atoms. The van der Waals surface area contributed by atoms with Crippen LogP contribution in [-0.4, -0.2) is 54.3 Å². The highest BCUT2D eigenvalue weighted by atomic mass is 32.1. The van der Waals surface area contributed by atoms with Crippen molar-refractivity contribution in [1.82, 2.24) is 14.9 Å². The Labute approximate surface area is 199 Å². The molecular weight excluding hydrogens is 430 g/mol.